The van der Waals surface area contributed by atoms with E-state index in [-0.39, 0.29) is 5.57 Å². The highest BCUT2D eigenvalue weighted by molar-refractivity contribution is 5.84. The summed E-state index contributed by atoms with van der Waals surface area (Å²) >= 11 is 0. The largest absolute Gasteiger partial charge is 0.459 e. The van der Waals surface area contributed by atoms with Crippen molar-refractivity contribution in [3.8, 4) is 0 Å². The van der Waals surface area contributed by atoms with Crippen LogP contribution in [0, 0.1) is 11.3 Å². The van der Waals surface area contributed by atoms with Crippen molar-refractivity contribution in [2.45, 2.75) is 102 Å². The average molecular weight is 557 g/mol. The van der Waals surface area contributed by atoms with Gasteiger partial charge < -0.3 is 44.5 Å². The molecule has 5 N–H and O–H groups in total. The first-order chi connectivity index (χ1) is 17.7. The summed E-state index contributed by atoms with van der Waals surface area (Å²) in [5.41, 5.74) is -9.66. The SMILES string of the molecule is CC(=O)O[C@@H]1[C@H](O)[C@@H](OC(C)=O)/C(C)=C\[C@@H]2OC(=O)[C@@](C)(O)[C@@]2(O)[C@@H](OC(C)=O)[C@H]2[C@](C)(O)[C@H](O)C=C[C@@]12C. The molecule has 0 spiro atoms. The van der Waals surface area contributed by atoms with Crippen LogP contribution in [0.5, 0.6) is 0 Å². The molecule has 39 heavy (non-hydrogen) atoms. The van der Waals surface area contributed by atoms with Crippen LogP contribution in [0.25, 0.3) is 0 Å². The molecule has 2 aliphatic carbocycles. The number of hydrogen-bond acceptors (Lipinski definition) is 13. The van der Waals surface area contributed by atoms with Crippen LogP contribution in [0.1, 0.15) is 48.5 Å². The van der Waals surface area contributed by atoms with Gasteiger partial charge in [-0.3, -0.25) is 14.4 Å². The van der Waals surface area contributed by atoms with Crippen LogP contribution in [-0.2, 0) is 38.1 Å². The molecule has 0 amide bonds. The minimum Gasteiger partial charge on any atom is -0.459 e. The van der Waals surface area contributed by atoms with Crippen LogP contribution in [0.4, 0.5) is 0 Å². The molecule has 218 valence electrons. The van der Waals surface area contributed by atoms with Crippen LogP contribution < -0.4 is 0 Å². The van der Waals surface area contributed by atoms with Gasteiger partial charge in [0.25, 0.3) is 0 Å². The summed E-state index contributed by atoms with van der Waals surface area (Å²) in [6, 6.07) is 0. The first kappa shape index (κ1) is 30.7. The Morgan fingerprint density at radius 2 is 1.41 bits per heavy atom. The van der Waals surface area contributed by atoms with Gasteiger partial charge >= 0.3 is 23.9 Å². The zero-order chi connectivity index (χ0) is 29.9. The predicted molar refractivity (Wildman–Crippen MR) is 129 cm³/mol. The molecular formula is C26H36O13. The number of carbonyl (C=O) groups excluding carboxylic acids is 4. The fourth-order valence-electron chi connectivity index (χ4n) is 6.11. The molecule has 1 aliphatic heterocycles. The lowest BCUT2D eigenvalue weighted by molar-refractivity contribution is -0.263. The van der Waals surface area contributed by atoms with Crippen molar-refractivity contribution < 1.29 is 63.7 Å². The number of hydrogen-bond donors (Lipinski definition) is 5. The molecule has 0 saturated carbocycles. The second-order valence-corrected chi connectivity index (χ2v) is 11.1. The number of fused-ring (bicyclic) bond motifs is 2. The van der Waals surface area contributed by atoms with Crippen molar-refractivity contribution >= 4 is 23.9 Å². The Morgan fingerprint density at radius 3 is 1.92 bits per heavy atom. The number of ether oxygens (including phenoxy) is 4. The molecule has 0 radical (unpaired) electrons. The minimum atomic E-state index is -2.82. The van der Waals surface area contributed by atoms with Gasteiger partial charge in [0.05, 0.1) is 5.60 Å². The topological polar surface area (TPSA) is 206 Å². The Labute approximate surface area is 225 Å². The molecule has 1 heterocycles. The standard InChI is InChI=1S/C26H36O13/c1-11-10-16-26(35,25(7,34)22(32)39-16)21(38-14(4)29)19-23(5,9-8-15(30)24(19,6)33)20(37-13(3)28)17(31)18(11)36-12(2)27/h8-10,15-21,30-31,33-35H,1-7H3/b11-10-/t15-,16+,17-,18+,19-,20-,21+,23-,24-,25-,26+/m1/s1. The van der Waals surface area contributed by atoms with Crippen molar-refractivity contribution in [3.63, 3.8) is 0 Å². The number of aliphatic hydroxyl groups excluding tert-OH is 2. The summed E-state index contributed by atoms with van der Waals surface area (Å²) in [6.07, 6.45) is -6.89. The highest BCUT2D eigenvalue weighted by atomic mass is 16.6. The van der Waals surface area contributed by atoms with Gasteiger partial charge in [-0.05, 0) is 32.4 Å². The maximum absolute atomic E-state index is 12.9. The smallest absolute Gasteiger partial charge is 0.341 e. The summed E-state index contributed by atoms with van der Waals surface area (Å²) in [7, 11) is 0. The van der Waals surface area contributed by atoms with Gasteiger partial charge in [0.1, 0.15) is 24.4 Å². The summed E-state index contributed by atoms with van der Waals surface area (Å²) in [6.45, 7) is 7.96. The Bertz CT molecular complexity index is 1110. The summed E-state index contributed by atoms with van der Waals surface area (Å²) in [4.78, 5) is 49.6. The number of esters is 4. The van der Waals surface area contributed by atoms with Crippen molar-refractivity contribution in [2.75, 3.05) is 0 Å². The highest BCUT2D eigenvalue weighted by Gasteiger charge is 2.74. The van der Waals surface area contributed by atoms with E-state index in [1.165, 1.54) is 19.9 Å². The number of rotatable bonds is 3. The van der Waals surface area contributed by atoms with E-state index in [0.29, 0.717) is 0 Å². The maximum atomic E-state index is 12.9. The fraction of sp³-hybridized carbons (Fsp3) is 0.692. The molecular weight excluding hydrogens is 520 g/mol. The first-order valence-corrected chi connectivity index (χ1v) is 12.4. The Balaban J connectivity index is 2.51. The van der Waals surface area contributed by atoms with E-state index < -0.39 is 88.6 Å². The molecule has 3 rings (SSSR count). The second kappa shape index (κ2) is 9.97. The van der Waals surface area contributed by atoms with Gasteiger partial charge in [0, 0.05) is 32.1 Å². The monoisotopic (exact) mass is 556 g/mol. The number of aliphatic hydroxyl groups is 5. The van der Waals surface area contributed by atoms with E-state index in [1.807, 2.05) is 0 Å². The van der Waals surface area contributed by atoms with E-state index in [1.54, 1.807) is 0 Å². The van der Waals surface area contributed by atoms with E-state index in [0.717, 1.165) is 46.8 Å². The van der Waals surface area contributed by atoms with Crippen LogP contribution in [0.2, 0.25) is 0 Å². The molecule has 0 aromatic rings. The van der Waals surface area contributed by atoms with E-state index in [2.05, 4.69) is 0 Å². The molecule has 1 saturated heterocycles. The van der Waals surface area contributed by atoms with E-state index in [9.17, 15) is 44.7 Å². The molecule has 0 aromatic heterocycles. The quantitative estimate of drug-likeness (QED) is 0.158. The van der Waals surface area contributed by atoms with Crippen molar-refractivity contribution in [1.29, 1.82) is 0 Å². The van der Waals surface area contributed by atoms with Gasteiger partial charge in [-0.1, -0.05) is 19.1 Å². The van der Waals surface area contributed by atoms with Crippen LogP contribution >= 0.6 is 0 Å². The molecule has 0 unspecified atom stereocenters. The molecule has 13 nitrogen and oxygen atoms in total. The first-order valence-electron chi connectivity index (χ1n) is 12.4. The Kier molecular flexibility index (Phi) is 7.85. The lowest BCUT2D eigenvalue weighted by atomic mass is 9.53. The zero-order valence-corrected chi connectivity index (χ0v) is 22.8. The van der Waals surface area contributed by atoms with Gasteiger partial charge in [-0.15, -0.1) is 0 Å². The zero-order valence-electron chi connectivity index (χ0n) is 22.8. The van der Waals surface area contributed by atoms with Crippen molar-refractivity contribution in [1.82, 2.24) is 0 Å². The summed E-state index contributed by atoms with van der Waals surface area (Å²) < 4.78 is 21.7. The lowest BCUT2D eigenvalue weighted by Crippen LogP contribution is -2.74. The van der Waals surface area contributed by atoms with Gasteiger partial charge in [-0.25, -0.2) is 4.79 Å². The Morgan fingerprint density at radius 1 is 0.897 bits per heavy atom. The van der Waals surface area contributed by atoms with Gasteiger partial charge in [0.15, 0.2) is 23.4 Å². The molecule has 1 fully saturated rings. The second-order valence-electron chi connectivity index (χ2n) is 11.1. The lowest BCUT2D eigenvalue weighted by Gasteiger charge is -2.57. The van der Waals surface area contributed by atoms with Gasteiger partial charge in [0.2, 0.25) is 0 Å². The van der Waals surface area contributed by atoms with Gasteiger partial charge in [-0.2, -0.15) is 0 Å². The van der Waals surface area contributed by atoms with Crippen LogP contribution in [0.3, 0.4) is 0 Å². The Hall–Kier alpha value is -2.84. The highest BCUT2D eigenvalue weighted by Crippen LogP contribution is 2.55. The third-order valence-corrected chi connectivity index (χ3v) is 8.09. The molecule has 13 heteroatoms. The summed E-state index contributed by atoms with van der Waals surface area (Å²) in [5, 5.41) is 57.6. The average Bonchev–Trinajstić information content (AvgIpc) is 2.96. The van der Waals surface area contributed by atoms with Crippen LogP contribution in [-0.4, -0.2) is 103 Å². The predicted octanol–water partition coefficient (Wildman–Crippen LogP) is -1.19. The van der Waals surface area contributed by atoms with Crippen molar-refractivity contribution in [3.05, 3.63) is 23.8 Å². The van der Waals surface area contributed by atoms with E-state index >= 15 is 0 Å². The maximum Gasteiger partial charge on any atom is 0.341 e. The summed E-state index contributed by atoms with van der Waals surface area (Å²) in [5.74, 6) is -5.71. The molecule has 3 aliphatic rings. The third-order valence-electron chi connectivity index (χ3n) is 8.09. The molecule has 0 bridgehead atoms. The number of carbonyl (C=O) groups is 4. The van der Waals surface area contributed by atoms with E-state index in [4.69, 9.17) is 18.9 Å². The minimum absolute atomic E-state index is 0.0268. The molecule has 0 aromatic carbocycles. The molecule has 11 atom stereocenters. The third kappa shape index (κ3) is 4.76. The van der Waals surface area contributed by atoms with Crippen LogP contribution in [0.15, 0.2) is 23.8 Å². The van der Waals surface area contributed by atoms with Crippen molar-refractivity contribution in [2.24, 2.45) is 11.3 Å². The normalized spacial score (nSPS) is 47.0. The fourth-order valence-corrected chi connectivity index (χ4v) is 6.11.